The van der Waals surface area contributed by atoms with Crippen molar-refractivity contribution in [2.75, 3.05) is 0 Å². The Morgan fingerprint density at radius 2 is 2.14 bits per heavy atom. The first kappa shape index (κ1) is 15.0. The third kappa shape index (κ3) is 2.48. The summed E-state index contributed by atoms with van der Waals surface area (Å²) in [7, 11) is 1.86. The van der Waals surface area contributed by atoms with E-state index in [2.05, 4.69) is 10.1 Å². The second kappa shape index (κ2) is 5.70. The van der Waals surface area contributed by atoms with Gasteiger partial charge in [0.25, 0.3) is 5.91 Å². The van der Waals surface area contributed by atoms with Crippen LogP contribution in [0.5, 0.6) is 0 Å². The molecular weight excluding hydrogens is 320 g/mol. The molecule has 7 heteroatoms. The van der Waals surface area contributed by atoms with Crippen LogP contribution in [0.25, 0.3) is 10.2 Å². The van der Waals surface area contributed by atoms with Crippen LogP contribution in [-0.4, -0.2) is 20.3 Å². The molecule has 0 radical (unpaired) electrons. The molecule has 1 aromatic carbocycles. The van der Waals surface area contributed by atoms with Gasteiger partial charge in [-0.25, -0.2) is 0 Å². The molecule has 2 heterocycles. The molecule has 22 heavy (non-hydrogen) atoms. The van der Waals surface area contributed by atoms with Gasteiger partial charge in [0.05, 0.1) is 15.2 Å². The van der Waals surface area contributed by atoms with Crippen LogP contribution < -0.4 is 4.80 Å². The lowest BCUT2D eigenvalue weighted by Crippen LogP contribution is -2.16. The average molecular weight is 335 g/mol. The number of para-hydroxylation sites is 1. The molecule has 3 aromatic rings. The van der Waals surface area contributed by atoms with Crippen molar-refractivity contribution in [3.63, 3.8) is 0 Å². The Hall–Kier alpha value is -1.92. The van der Waals surface area contributed by atoms with Crippen LogP contribution in [0.3, 0.4) is 0 Å². The lowest BCUT2D eigenvalue weighted by Gasteiger charge is -2.07. The van der Waals surface area contributed by atoms with Crippen molar-refractivity contribution in [2.24, 2.45) is 12.0 Å². The topological polar surface area (TPSA) is 52.2 Å². The number of hydrogen-bond acceptors (Lipinski definition) is 3. The molecule has 0 N–H and O–H groups in total. The first-order chi connectivity index (χ1) is 10.5. The molecule has 0 spiro atoms. The highest BCUT2D eigenvalue weighted by Gasteiger charge is 2.14. The molecule has 0 saturated carbocycles. The number of carbonyl (C=O) groups excluding carboxylic acids is 1. The summed E-state index contributed by atoms with van der Waals surface area (Å²) >= 11 is 7.66. The highest BCUT2D eigenvalue weighted by atomic mass is 35.5. The number of amides is 1. The maximum atomic E-state index is 12.4. The molecule has 0 aliphatic carbocycles. The monoisotopic (exact) mass is 334 g/mol. The van der Waals surface area contributed by atoms with E-state index in [9.17, 15) is 4.79 Å². The van der Waals surface area contributed by atoms with E-state index in [-0.39, 0.29) is 11.9 Å². The Bertz CT molecular complexity index is 919. The lowest BCUT2D eigenvalue weighted by atomic mass is 10.3. The summed E-state index contributed by atoms with van der Waals surface area (Å²) < 4.78 is 4.52. The van der Waals surface area contributed by atoms with Crippen LogP contribution >= 0.6 is 22.9 Å². The molecule has 0 bridgehead atoms. The Morgan fingerprint density at radius 1 is 1.36 bits per heavy atom. The van der Waals surface area contributed by atoms with Crippen LogP contribution in [-0.2, 0) is 7.05 Å². The fourth-order valence-electron chi connectivity index (χ4n) is 2.30. The largest absolute Gasteiger partial charge is 0.318 e. The summed E-state index contributed by atoms with van der Waals surface area (Å²) in [6.45, 7) is 3.95. The van der Waals surface area contributed by atoms with Gasteiger partial charge in [-0.05, 0) is 32.0 Å². The number of benzene rings is 1. The summed E-state index contributed by atoms with van der Waals surface area (Å²) in [5, 5.41) is 4.82. The molecule has 0 aliphatic rings. The van der Waals surface area contributed by atoms with Crippen LogP contribution in [0.2, 0.25) is 5.02 Å². The highest BCUT2D eigenvalue weighted by Crippen LogP contribution is 2.24. The number of fused-ring (bicyclic) bond motifs is 1. The number of halogens is 1. The van der Waals surface area contributed by atoms with Crippen molar-refractivity contribution >= 4 is 39.1 Å². The standard InChI is InChI=1S/C15H15ClN4OS/c1-9(2)20-11(7-8-17-20)14(21)18-15-19(3)13-10(16)5-4-6-12(13)22-15/h4-9H,1-3H3. The lowest BCUT2D eigenvalue weighted by molar-refractivity contribution is 0.0986. The summed E-state index contributed by atoms with van der Waals surface area (Å²) in [5.41, 5.74) is 1.37. The fourth-order valence-corrected chi connectivity index (χ4v) is 3.70. The van der Waals surface area contributed by atoms with E-state index < -0.39 is 0 Å². The minimum atomic E-state index is -0.301. The van der Waals surface area contributed by atoms with E-state index in [0.29, 0.717) is 15.5 Å². The number of aromatic nitrogens is 3. The number of carbonyl (C=O) groups is 1. The van der Waals surface area contributed by atoms with E-state index in [1.165, 1.54) is 11.3 Å². The Balaban J connectivity index is 2.13. The first-order valence-corrected chi connectivity index (χ1v) is 8.05. The molecule has 0 aliphatic heterocycles. The minimum Gasteiger partial charge on any atom is -0.318 e. The van der Waals surface area contributed by atoms with E-state index in [1.807, 2.05) is 43.7 Å². The first-order valence-electron chi connectivity index (χ1n) is 6.85. The summed E-state index contributed by atoms with van der Waals surface area (Å²) in [6, 6.07) is 7.48. The number of aryl methyl sites for hydroxylation is 1. The van der Waals surface area contributed by atoms with Gasteiger partial charge < -0.3 is 4.57 Å². The van der Waals surface area contributed by atoms with E-state index >= 15 is 0 Å². The van der Waals surface area contributed by atoms with Gasteiger partial charge in [0.2, 0.25) is 0 Å². The smallest absolute Gasteiger partial charge is 0.297 e. The normalized spacial score (nSPS) is 12.5. The predicted octanol–water partition coefficient (Wildman–Crippen LogP) is 3.41. The van der Waals surface area contributed by atoms with Gasteiger partial charge in [0, 0.05) is 19.3 Å². The number of rotatable bonds is 2. The molecule has 114 valence electrons. The van der Waals surface area contributed by atoms with E-state index in [1.54, 1.807) is 16.9 Å². The average Bonchev–Trinajstić information content (AvgIpc) is 3.05. The van der Waals surface area contributed by atoms with Crippen LogP contribution in [0, 0.1) is 0 Å². The minimum absolute atomic E-state index is 0.106. The Morgan fingerprint density at radius 3 is 2.82 bits per heavy atom. The molecule has 1 amide bonds. The zero-order chi connectivity index (χ0) is 15.9. The van der Waals surface area contributed by atoms with E-state index in [0.717, 1.165) is 10.2 Å². The van der Waals surface area contributed by atoms with E-state index in [4.69, 9.17) is 11.6 Å². The van der Waals surface area contributed by atoms with Crippen molar-refractivity contribution in [3.05, 3.63) is 46.0 Å². The van der Waals surface area contributed by atoms with Gasteiger partial charge >= 0.3 is 0 Å². The summed E-state index contributed by atoms with van der Waals surface area (Å²) in [6.07, 6.45) is 1.62. The van der Waals surface area contributed by atoms with Crippen LogP contribution in [0.15, 0.2) is 35.5 Å². The second-order valence-corrected chi connectivity index (χ2v) is 6.62. The zero-order valence-electron chi connectivity index (χ0n) is 12.4. The highest BCUT2D eigenvalue weighted by molar-refractivity contribution is 7.16. The zero-order valence-corrected chi connectivity index (χ0v) is 14.0. The Kier molecular flexibility index (Phi) is 3.88. The molecule has 0 atom stereocenters. The predicted molar refractivity (Wildman–Crippen MR) is 88.3 cm³/mol. The van der Waals surface area contributed by atoms with Gasteiger partial charge in [0.1, 0.15) is 5.69 Å². The molecular formula is C15H15ClN4OS. The molecule has 0 fully saturated rings. The number of nitrogens with zero attached hydrogens (tertiary/aromatic N) is 4. The van der Waals surface area contributed by atoms with Gasteiger partial charge in [-0.2, -0.15) is 10.1 Å². The van der Waals surface area contributed by atoms with Gasteiger partial charge in [-0.3, -0.25) is 9.48 Å². The fraction of sp³-hybridized carbons (Fsp3) is 0.267. The summed E-state index contributed by atoms with van der Waals surface area (Å²) in [4.78, 5) is 17.3. The van der Waals surface area contributed by atoms with Crippen molar-refractivity contribution in [2.45, 2.75) is 19.9 Å². The van der Waals surface area contributed by atoms with Crippen LogP contribution in [0.4, 0.5) is 0 Å². The van der Waals surface area contributed by atoms with Crippen LogP contribution in [0.1, 0.15) is 30.4 Å². The quantitative estimate of drug-likeness (QED) is 0.721. The van der Waals surface area contributed by atoms with Gasteiger partial charge in [-0.1, -0.05) is 29.0 Å². The van der Waals surface area contributed by atoms with Crippen molar-refractivity contribution in [1.82, 2.24) is 14.3 Å². The summed E-state index contributed by atoms with van der Waals surface area (Å²) in [5.74, 6) is -0.301. The molecule has 5 nitrogen and oxygen atoms in total. The second-order valence-electron chi connectivity index (χ2n) is 5.20. The van der Waals surface area contributed by atoms with Gasteiger partial charge in [0.15, 0.2) is 4.80 Å². The maximum Gasteiger partial charge on any atom is 0.297 e. The molecule has 3 rings (SSSR count). The maximum absolute atomic E-state index is 12.4. The molecule has 2 aromatic heterocycles. The number of thiazole rings is 1. The molecule has 0 unspecified atom stereocenters. The van der Waals surface area contributed by atoms with Crippen molar-refractivity contribution in [3.8, 4) is 0 Å². The Labute approximate surface area is 136 Å². The third-order valence-electron chi connectivity index (χ3n) is 3.35. The van der Waals surface area contributed by atoms with Crippen molar-refractivity contribution in [1.29, 1.82) is 0 Å². The van der Waals surface area contributed by atoms with Crippen molar-refractivity contribution < 1.29 is 4.79 Å². The molecule has 0 saturated heterocycles. The van der Waals surface area contributed by atoms with Gasteiger partial charge in [-0.15, -0.1) is 0 Å². The SMILES string of the molecule is CC(C)n1nccc1C(=O)N=c1sc2cccc(Cl)c2n1C. The third-order valence-corrected chi connectivity index (χ3v) is 4.75. The number of hydrogen-bond donors (Lipinski definition) is 0.